The molecule has 1 aromatic carbocycles. The van der Waals surface area contributed by atoms with Crippen LogP contribution in [0.15, 0.2) is 18.2 Å². The molecule has 1 heterocycles. The van der Waals surface area contributed by atoms with E-state index in [1.165, 1.54) is 5.56 Å². The molecule has 4 heteroatoms. The summed E-state index contributed by atoms with van der Waals surface area (Å²) in [6, 6.07) is 6.10. The van der Waals surface area contributed by atoms with Gasteiger partial charge in [0.1, 0.15) is 13.2 Å². The van der Waals surface area contributed by atoms with Crippen LogP contribution in [0, 0.1) is 5.92 Å². The minimum atomic E-state index is 0.558. The van der Waals surface area contributed by atoms with Crippen molar-refractivity contribution in [3.8, 4) is 11.5 Å². The highest BCUT2D eigenvalue weighted by atomic mass is 16.6. The molecule has 1 unspecified atom stereocenters. The smallest absolute Gasteiger partial charge is 0.161 e. The molecule has 18 heavy (non-hydrogen) atoms. The minimum Gasteiger partial charge on any atom is -0.486 e. The van der Waals surface area contributed by atoms with Gasteiger partial charge in [-0.2, -0.15) is 0 Å². The fraction of sp³-hybridized carbons (Fsp3) is 0.571. The molecule has 0 saturated heterocycles. The van der Waals surface area contributed by atoms with Crippen LogP contribution >= 0.6 is 0 Å². The molecule has 0 bridgehead atoms. The van der Waals surface area contributed by atoms with Crippen molar-refractivity contribution in [3.05, 3.63) is 23.8 Å². The SMILES string of the molecule is CCC(CN)CNCc1ccc2c(c1)OCCO2. The number of hydrogen-bond acceptors (Lipinski definition) is 4. The first-order valence-electron chi connectivity index (χ1n) is 6.62. The predicted octanol–water partition coefficient (Wildman–Crippen LogP) is 1.53. The standard InChI is InChI=1S/C14H22N2O2/c1-2-11(8-15)9-16-10-12-3-4-13-14(7-12)18-6-5-17-13/h3-4,7,11,16H,2,5-6,8-10,15H2,1H3. The summed E-state index contributed by atoms with van der Waals surface area (Å²) in [4.78, 5) is 0. The summed E-state index contributed by atoms with van der Waals surface area (Å²) in [5.74, 6) is 2.26. The van der Waals surface area contributed by atoms with E-state index in [4.69, 9.17) is 15.2 Å². The average molecular weight is 250 g/mol. The minimum absolute atomic E-state index is 0.558. The molecule has 0 aliphatic carbocycles. The summed E-state index contributed by atoms with van der Waals surface area (Å²) in [5.41, 5.74) is 6.89. The second-order valence-corrected chi connectivity index (χ2v) is 4.62. The van der Waals surface area contributed by atoms with Crippen molar-refractivity contribution in [2.75, 3.05) is 26.3 Å². The molecule has 1 aliphatic rings. The Morgan fingerprint density at radius 2 is 2.06 bits per heavy atom. The Morgan fingerprint density at radius 3 is 2.78 bits per heavy atom. The molecule has 1 aromatic rings. The number of ether oxygens (including phenoxy) is 2. The predicted molar refractivity (Wildman–Crippen MR) is 72.0 cm³/mol. The molecule has 0 amide bonds. The van der Waals surface area contributed by atoms with E-state index in [1.807, 2.05) is 12.1 Å². The summed E-state index contributed by atoms with van der Waals surface area (Å²) < 4.78 is 11.1. The fourth-order valence-electron chi connectivity index (χ4n) is 2.01. The van der Waals surface area contributed by atoms with Gasteiger partial charge in [0.25, 0.3) is 0 Å². The molecular formula is C14H22N2O2. The van der Waals surface area contributed by atoms with E-state index in [-0.39, 0.29) is 0 Å². The van der Waals surface area contributed by atoms with Gasteiger partial charge in [-0.3, -0.25) is 0 Å². The first-order chi connectivity index (χ1) is 8.83. The van der Waals surface area contributed by atoms with Crippen LogP contribution in [0.25, 0.3) is 0 Å². The normalized spacial score (nSPS) is 15.4. The number of benzene rings is 1. The molecule has 0 saturated carbocycles. The zero-order valence-corrected chi connectivity index (χ0v) is 10.9. The van der Waals surface area contributed by atoms with Crippen LogP contribution in [-0.2, 0) is 6.54 Å². The lowest BCUT2D eigenvalue weighted by atomic mass is 10.1. The van der Waals surface area contributed by atoms with Crippen molar-refractivity contribution in [1.29, 1.82) is 0 Å². The zero-order valence-electron chi connectivity index (χ0n) is 10.9. The maximum Gasteiger partial charge on any atom is 0.161 e. The van der Waals surface area contributed by atoms with Gasteiger partial charge >= 0.3 is 0 Å². The van der Waals surface area contributed by atoms with Crippen molar-refractivity contribution < 1.29 is 9.47 Å². The second kappa shape index (κ2) is 6.61. The quantitative estimate of drug-likeness (QED) is 0.804. The lowest BCUT2D eigenvalue weighted by molar-refractivity contribution is 0.171. The summed E-state index contributed by atoms with van der Waals surface area (Å²) >= 11 is 0. The van der Waals surface area contributed by atoms with Gasteiger partial charge in [0.05, 0.1) is 0 Å². The second-order valence-electron chi connectivity index (χ2n) is 4.62. The Morgan fingerprint density at radius 1 is 1.28 bits per heavy atom. The van der Waals surface area contributed by atoms with E-state index in [2.05, 4.69) is 18.3 Å². The zero-order chi connectivity index (χ0) is 12.8. The van der Waals surface area contributed by atoms with E-state index in [1.54, 1.807) is 0 Å². The Balaban J connectivity index is 1.86. The van der Waals surface area contributed by atoms with Crippen LogP contribution < -0.4 is 20.5 Å². The Labute approximate surface area is 108 Å². The highest BCUT2D eigenvalue weighted by molar-refractivity contribution is 5.43. The first-order valence-corrected chi connectivity index (χ1v) is 6.62. The van der Waals surface area contributed by atoms with Crippen LogP contribution in [0.2, 0.25) is 0 Å². The van der Waals surface area contributed by atoms with Crippen molar-refractivity contribution in [1.82, 2.24) is 5.32 Å². The number of fused-ring (bicyclic) bond motifs is 1. The topological polar surface area (TPSA) is 56.5 Å². The summed E-state index contributed by atoms with van der Waals surface area (Å²) in [5, 5.41) is 3.43. The molecule has 3 N–H and O–H groups in total. The van der Waals surface area contributed by atoms with Crippen LogP contribution in [0.3, 0.4) is 0 Å². The van der Waals surface area contributed by atoms with Crippen LogP contribution in [0.1, 0.15) is 18.9 Å². The third-order valence-electron chi connectivity index (χ3n) is 3.28. The lowest BCUT2D eigenvalue weighted by Gasteiger charge is -2.19. The Kier molecular flexibility index (Phi) is 4.84. The third kappa shape index (κ3) is 3.37. The monoisotopic (exact) mass is 250 g/mol. The maximum atomic E-state index is 5.68. The summed E-state index contributed by atoms with van der Waals surface area (Å²) in [6.45, 7) is 5.98. The van der Waals surface area contributed by atoms with E-state index < -0.39 is 0 Å². The molecule has 0 aromatic heterocycles. The average Bonchev–Trinajstić information content (AvgIpc) is 2.43. The molecule has 1 aliphatic heterocycles. The summed E-state index contributed by atoms with van der Waals surface area (Å²) in [7, 11) is 0. The van der Waals surface area contributed by atoms with E-state index in [9.17, 15) is 0 Å². The van der Waals surface area contributed by atoms with Crippen LogP contribution in [0.5, 0.6) is 11.5 Å². The fourth-order valence-corrected chi connectivity index (χ4v) is 2.01. The van der Waals surface area contributed by atoms with E-state index in [0.717, 1.165) is 37.6 Å². The van der Waals surface area contributed by atoms with Crippen molar-refractivity contribution in [2.24, 2.45) is 11.7 Å². The summed E-state index contributed by atoms with van der Waals surface area (Å²) in [6.07, 6.45) is 1.12. The van der Waals surface area contributed by atoms with Crippen LogP contribution in [0.4, 0.5) is 0 Å². The maximum absolute atomic E-state index is 5.68. The van der Waals surface area contributed by atoms with Gasteiger partial charge in [-0.05, 0) is 36.7 Å². The molecular weight excluding hydrogens is 228 g/mol. The third-order valence-corrected chi connectivity index (χ3v) is 3.28. The van der Waals surface area contributed by atoms with Crippen molar-refractivity contribution in [2.45, 2.75) is 19.9 Å². The lowest BCUT2D eigenvalue weighted by Crippen LogP contribution is -2.27. The van der Waals surface area contributed by atoms with E-state index in [0.29, 0.717) is 19.1 Å². The largest absolute Gasteiger partial charge is 0.486 e. The van der Waals surface area contributed by atoms with Gasteiger partial charge in [0, 0.05) is 6.54 Å². The highest BCUT2D eigenvalue weighted by Gasteiger charge is 2.11. The molecule has 100 valence electrons. The molecule has 4 nitrogen and oxygen atoms in total. The Bertz CT molecular complexity index is 378. The van der Waals surface area contributed by atoms with Gasteiger partial charge in [-0.25, -0.2) is 0 Å². The number of hydrogen-bond donors (Lipinski definition) is 2. The van der Waals surface area contributed by atoms with Gasteiger partial charge in [-0.15, -0.1) is 0 Å². The van der Waals surface area contributed by atoms with Gasteiger partial charge in [-0.1, -0.05) is 19.4 Å². The molecule has 0 spiro atoms. The van der Waals surface area contributed by atoms with Crippen molar-refractivity contribution >= 4 is 0 Å². The first kappa shape index (κ1) is 13.2. The number of nitrogens with two attached hydrogens (primary N) is 1. The van der Waals surface area contributed by atoms with Crippen molar-refractivity contribution in [3.63, 3.8) is 0 Å². The number of rotatable bonds is 6. The number of nitrogens with one attached hydrogen (secondary N) is 1. The van der Waals surface area contributed by atoms with E-state index >= 15 is 0 Å². The van der Waals surface area contributed by atoms with Gasteiger partial charge in [0.2, 0.25) is 0 Å². The Hall–Kier alpha value is -1.26. The molecule has 0 fully saturated rings. The van der Waals surface area contributed by atoms with Gasteiger partial charge < -0.3 is 20.5 Å². The molecule has 1 atom stereocenters. The van der Waals surface area contributed by atoms with Crippen LogP contribution in [-0.4, -0.2) is 26.3 Å². The van der Waals surface area contributed by atoms with Gasteiger partial charge in [0.15, 0.2) is 11.5 Å². The molecule has 2 rings (SSSR count). The molecule has 0 radical (unpaired) electrons. The highest BCUT2D eigenvalue weighted by Crippen LogP contribution is 2.30.